The molecule has 0 saturated heterocycles. The maximum absolute atomic E-state index is 12.5. The third-order valence-corrected chi connectivity index (χ3v) is 4.68. The highest BCUT2D eigenvalue weighted by atomic mass is 16.2. The molecule has 144 valence electrons. The first-order valence-corrected chi connectivity index (χ1v) is 8.94. The standard InChI is InChI=1S/C21H17N5O3/c1-12-9-14(19-15(10-12)20(28)26(2)21(19)29)11-18(27)23-17-4-3-16(24-25-17)13-5-7-22-8-6-13/h3-10H,11H2,1-2H3,(H,23,25,27). The molecule has 3 heterocycles. The molecule has 8 nitrogen and oxygen atoms in total. The van der Waals surface area contributed by atoms with Crippen molar-refractivity contribution >= 4 is 23.5 Å². The molecular weight excluding hydrogens is 370 g/mol. The fourth-order valence-corrected chi connectivity index (χ4v) is 3.30. The van der Waals surface area contributed by atoms with Crippen LogP contribution in [0.5, 0.6) is 0 Å². The summed E-state index contributed by atoms with van der Waals surface area (Å²) in [5, 5.41) is 10.8. The predicted molar refractivity (Wildman–Crippen MR) is 105 cm³/mol. The number of pyridine rings is 1. The average molecular weight is 387 g/mol. The van der Waals surface area contributed by atoms with Gasteiger partial charge in [0.05, 0.1) is 23.2 Å². The van der Waals surface area contributed by atoms with E-state index in [4.69, 9.17) is 0 Å². The predicted octanol–water partition coefficient (Wildman–Crippen LogP) is 2.25. The van der Waals surface area contributed by atoms with E-state index in [2.05, 4.69) is 20.5 Å². The molecule has 29 heavy (non-hydrogen) atoms. The topological polar surface area (TPSA) is 105 Å². The zero-order valence-corrected chi connectivity index (χ0v) is 15.8. The van der Waals surface area contributed by atoms with E-state index in [1.807, 2.05) is 19.1 Å². The number of hydrogen-bond acceptors (Lipinski definition) is 6. The van der Waals surface area contributed by atoms with E-state index in [1.165, 1.54) is 7.05 Å². The fraction of sp³-hybridized carbons (Fsp3) is 0.143. The number of imide groups is 1. The number of fused-ring (bicyclic) bond motifs is 1. The monoisotopic (exact) mass is 387 g/mol. The quantitative estimate of drug-likeness (QED) is 0.689. The van der Waals surface area contributed by atoms with E-state index < -0.39 is 5.91 Å². The van der Waals surface area contributed by atoms with E-state index in [0.717, 1.165) is 16.0 Å². The van der Waals surface area contributed by atoms with Crippen molar-refractivity contribution in [3.05, 3.63) is 71.0 Å². The molecule has 8 heteroatoms. The number of hydrogen-bond donors (Lipinski definition) is 1. The Balaban J connectivity index is 1.52. The summed E-state index contributed by atoms with van der Waals surface area (Å²) in [5.74, 6) is -0.794. The largest absolute Gasteiger partial charge is 0.309 e. The normalized spacial score (nSPS) is 12.8. The number of carbonyl (C=O) groups is 3. The second-order valence-electron chi connectivity index (χ2n) is 6.78. The summed E-state index contributed by atoms with van der Waals surface area (Å²) >= 11 is 0. The zero-order valence-electron chi connectivity index (χ0n) is 15.8. The van der Waals surface area contributed by atoms with Gasteiger partial charge in [0, 0.05) is 25.0 Å². The van der Waals surface area contributed by atoms with Gasteiger partial charge in [-0.15, -0.1) is 10.2 Å². The van der Waals surface area contributed by atoms with Gasteiger partial charge in [-0.1, -0.05) is 6.07 Å². The van der Waals surface area contributed by atoms with Gasteiger partial charge in [0.25, 0.3) is 11.8 Å². The molecule has 3 amide bonds. The molecule has 1 aromatic carbocycles. The van der Waals surface area contributed by atoms with Crippen LogP contribution in [0.2, 0.25) is 0 Å². The Morgan fingerprint density at radius 3 is 2.48 bits per heavy atom. The lowest BCUT2D eigenvalue weighted by Crippen LogP contribution is -2.25. The lowest BCUT2D eigenvalue weighted by atomic mass is 9.97. The van der Waals surface area contributed by atoms with Crippen molar-refractivity contribution < 1.29 is 14.4 Å². The number of nitrogens with one attached hydrogen (secondary N) is 1. The molecule has 0 radical (unpaired) electrons. The zero-order chi connectivity index (χ0) is 20.5. The average Bonchev–Trinajstić information content (AvgIpc) is 2.93. The van der Waals surface area contributed by atoms with Gasteiger partial charge in [0.15, 0.2) is 5.82 Å². The van der Waals surface area contributed by atoms with E-state index in [9.17, 15) is 14.4 Å². The first-order chi connectivity index (χ1) is 13.9. The Bertz CT molecular complexity index is 1130. The van der Waals surface area contributed by atoms with Crippen molar-refractivity contribution in [2.24, 2.45) is 0 Å². The highest BCUT2D eigenvalue weighted by Gasteiger charge is 2.35. The summed E-state index contributed by atoms with van der Waals surface area (Å²) in [4.78, 5) is 42.2. The highest BCUT2D eigenvalue weighted by molar-refractivity contribution is 6.22. The fourth-order valence-electron chi connectivity index (χ4n) is 3.30. The Hall–Kier alpha value is -3.94. The third-order valence-electron chi connectivity index (χ3n) is 4.68. The van der Waals surface area contributed by atoms with Crippen LogP contribution in [0.1, 0.15) is 31.8 Å². The van der Waals surface area contributed by atoms with Crippen LogP contribution in [0.3, 0.4) is 0 Å². The van der Waals surface area contributed by atoms with Crippen LogP contribution in [-0.2, 0) is 11.2 Å². The summed E-state index contributed by atoms with van der Waals surface area (Å²) in [6.45, 7) is 1.82. The summed E-state index contributed by atoms with van der Waals surface area (Å²) in [7, 11) is 1.43. The van der Waals surface area contributed by atoms with Crippen LogP contribution in [0.4, 0.5) is 5.82 Å². The van der Waals surface area contributed by atoms with Crippen molar-refractivity contribution in [1.82, 2.24) is 20.1 Å². The SMILES string of the molecule is Cc1cc(CC(=O)Nc2ccc(-c3ccncc3)nn2)c2c(c1)C(=O)N(C)C2=O. The molecule has 0 saturated carbocycles. The molecule has 1 N–H and O–H groups in total. The number of aromatic nitrogens is 3. The smallest absolute Gasteiger partial charge is 0.261 e. The second-order valence-corrected chi connectivity index (χ2v) is 6.78. The van der Waals surface area contributed by atoms with Crippen LogP contribution in [0.15, 0.2) is 48.8 Å². The third kappa shape index (κ3) is 3.47. The Morgan fingerprint density at radius 2 is 1.79 bits per heavy atom. The lowest BCUT2D eigenvalue weighted by molar-refractivity contribution is -0.115. The van der Waals surface area contributed by atoms with Crippen LogP contribution in [0.25, 0.3) is 11.3 Å². The van der Waals surface area contributed by atoms with E-state index in [0.29, 0.717) is 22.6 Å². The highest BCUT2D eigenvalue weighted by Crippen LogP contribution is 2.27. The molecule has 0 spiro atoms. The van der Waals surface area contributed by atoms with Crippen molar-refractivity contribution in [2.75, 3.05) is 12.4 Å². The van der Waals surface area contributed by atoms with Crippen LogP contribution >= 0.6 is 0 Å². The number of anilines is 1. The number of carbonyl (C=O) groups excluding carboxylic acids is 3. The summed E-state index contributed by atoms with van der Waals surface area (Å²) in [6.07, 6.45) is 3.28. The van der Waals surface area contributed by atoms with Crippen LogP contribution < -0.4 is 5.32 Å². The van der Waals surface area contributed by atoms with E-state index >= 15 is 0 Å². The number of benzene rings is 1. The Kier molecular flexibility index (Phi) is 4.59. The Labute approximate surface area is 166 Å². The molecule has 4 rings (SSSR count). The second kappa shape index (κ2) is 7.23. The van der Waals surface area contributed by atoms with Gasteiger partial charge in [0.1, 0.15) is 0 Å². The van der Waals surface area contributed by atoms with E-state index in [-0.39, 0.29) is 23.8 Å². The number of aryl methyl sites for hydroxylation is 1. The van der Waals surface area contributed by atoms with Gasteiger partial charge in [-0.2, -0.15) is 0 Å². The number of nitrogens with zero attached hydrogens (tertiary/aromatic N) is 4. The molecule has 1 aliphatic rings. The molecule has 2 aromatic heterocycles. The maximum atomic E-state index is 12.5. The van der Waals surface area contributed by atoms with Crippen molar-refractivity contribution in [3.8, 4) is 11.3 Å². The molecule has 0 atom stereocenters. The van der Waals surface area contributed by atoms with Gasteiger partial charge in [0.2, 0.25) is 5.91 Å². The molecule has 0 bridgehead atoms. The van der Waals surface area contributed by atoms with Crippen LogP contribution in [-0.4, -0.2) is 44.9 Å². The maximum Gasteiger partial charge on any atom is 0.261 e. The van der Waals surface area contributed by atoms with Gasteiger partial charge >= 0.3 is 0 Å². The first-order valence-electron chi connectivity index (χ1n) is 8.94. The summed E-state index contributed by atoms with van der Waals surface area (Å²) < 4.78 is 0. The minimum atomic E-state index is -0.394. The van der Waals surface area contributed by atoms with Gasteiger partial charge < -0.3 is 5.32 Å². The van der Waals surface area contributed by atoms with Gasteiger partial charge in [-0.25, -0.2) is 0 Å². The van der Waals surface area contributed by atoms with Crippen molar-refractivity contribution in [3.63, 3.8) is 0 Å². The number of amides is 3. The molecule has 3 aromatic rings. The van der Waals surface area contributed by atoms with E-state index in [1.54, 1.807) is 36.7 Å². The molecule has 0 unspecified atom stereocenters. The summed E-state index contributed by atoms with van der Waals surface area (Å²) in [5.41, 5.74) is 3.48. The first kappa shape index (κ1) is 18.4. The summed E-state index contributed by atoms with van der Waals surface area (Å²) in [6, 6.07) is 10.5. The molecule has 1 aliphatic heterocycles. The van der Waals surface area contributed by atoms with Crippen LogP contribution in [0, 0.1) is 6.92 Å². The molecule has 0 aliphatic carbocycles. The minimum Gasteiger partial charge on any atom is -0.309 e. The van der Waals surface area contributed by atoms with Gasteiger partial charge in [-0.05, 0) is 48.4 Å². The minimum absolute atomic E-state index is 0.0509. The number of rotatable bonds is 4. The Morgan fingerprint density at radius 1 is 1.03 bits per heavy atom. The molecule has 0 fully saturated rings. The molecular formula is C21H17N5O3. The van der Waals surface area contributed by atoms with Gasteiger partial charge in [-0.3, -0.25) is 24.3 Å². The van der Waals surface area contributed by atoms with Crippen molar-refractivity contribution in [2.45, 2.75) is 13.3 Å². The van der Waals surface area contributed by atoms with Crippen molar-refractivity contribution in [1.29, 1.82) is 0 Å². The lowest BCUT2D eigenvalue weighted by Gasteiger charge is -2.09.